The molecule has 2 aliphatic carbocycles. The Kier molecular flexibility index (Phi) is 9.51. The van der Waals surface area contributed by atoms with E-state index in [1.165, 1.54) is 41.3 Å². The van der Waals surface area contributed by atoms with E-state index in [2.05, 4.69) is 33.7 Å². The minimum absolute atomic E-state index is 0.420. The summed E-state index contributed by atoms with van der Waals surface area (Å²) in [6.07, 6.45) is 11.5. The van der Waals surface area contributed by atoms with Crippen LogP contribution >= 0.6 is 24.0 Å². The van der Waals surface area contributed by atoms with E-state index in [-0.39, 0.29) is 0 Å². The highest BCUT2D eigenvalue weighted by Crippen LogP contribution is 2.38. The molecule has 1 aromatic carbocycles. The molecule has 0 radical (unpaired) electrons. The largest absolute Gasteiger partial charge is 0.383 e. The molecule has 5 N–H and O–H groups in total. The highest BCUT2D eigenvalue weighted by molar-refractivity contribution is 7.85. The second-order valence-electron chi connectivity index (χ2n) is 7.75. The topological polar surface area (TPSA) is 141 Å². The minimum Gasteiger partial charge on any atom is -0.383 e. The summed E-state index contributed by atoms with van der Waals surface area (Å²) in [5, 5.41) is 21.1. The molecule has 1 aromatic heterocycles. The van der Waals surface area contributed by atoms with Crippen molar-refractivity contribution in [2.45, 2.75) is 62.2 Å². The molecule has 1 heterocycles. The summed E-state index contributed by atoms with van der Waals surface area (Å²) in [6, 6.07) is 1.91. The van der Waals surface area contributed by atoms with Crippen molar-refractivity contribution < 1.29 is 14.1 Å². The molecular weight excluding hydrogens is 466 g/mol. The van der Waals surface area contributed by atoms with Gasteiger partial charge in [-0.15, -0.1) is 11.3 Å². The Morgan fingerprint density at radius 1 is 1.25 bits per heavy atom. The molecule has 11 heteroatoms. The van der Waals surface area contributed by atoms with Crippen LogP contribution in [0, 0.1) is 11.5 Å². The maximum absolute atomic E-state index is 11.3. The first-order chi connectivity index (χ1) is 15.2. The first-order valence-electron chi connectivity index (χ1n) is 10.1. The van der Waals surface area contributed by atoms with Crippen molar-refractivity contribution in [3.05, 3.63) is 39.5 Å². The molecular formula is C21H29N5O3S3. The molecule has 32 heavy (non-hydrogen) atoms. The van der Waals surface area contributed by atoms with E-state index in [1.54, 1.807) is 26.3 Å². The predicted molar refractivity (Wildman–Crippen MR) is 131 cm³/mol. The van der Waals surface area contributed by atoms with Gasteiger partial charge in [0, 0.05) is 5.69 Å². The number of aryl methyl sites for hydroxylation is 2. The van der Waals surface area contributed by atoms with Gasteiger partial charge < -0.3 is 16.2 Å². The van der Waals surface area contributed by atoms with Crippen LogP contribution in [0.15, 0.2) is 16.5 Å². The van der Waals surface area contributed by atoms with Crippen molar-refractivity contribution in [1.29, 1.82) is 5.26 Å². The third kappa shape index (κ3) is 6.45. The van der Waals surface area contributed by atoms with Crippen LogP contribution in [0.25, 0.3) is 0 Å². The predicted octanol–water partition coefficient (Wildman–Crippen LogP) is 3.16. The molecule has 1 atom stereocenters. The van der Waals surface area contributed by atoms with E-state index in [4.69, 9.17) is 11.0 Å². The Labute approximate surface area is 200 Å². The van der Waals surface area contributed by atoms with Crippen LogP contribution in [0.2, 0.25) is 0 Å². The number of urea groups is 1. The van der Waals surface area contributed by atoms with Crippen LogP contribution in [0.3, 0.4) is 0 Å². The maximum Gasteiger partial charge on any atom is 0.316 e. The smallest absolute Gasteiger partial charge is 0.316 e. The molecule has 0 saturated heterocycles. The number of hydrogen-bond donors (Lipinski definition) is 5. The number of thiol groups is 1. The number of benzene rings is 1. The molecule has 2 amide bonds. The zero-order valence-corrected chi connectivity index (χ0v) is 20.9. The molecule has 0 saturated carbocycles. The number of rotatable bonds is 4. The van der Waals surface area contributed by atoms with Crippen LogP contribution in [-0.2, 0) is 42.3 Å². The summed E-state index contributed by atoms with van der Waals surface area (Å²) in [4.78, 5) is 15.0. The minimum atomic E-state index is -1.56. The van der Waals surface area contributed by atoms with E-state index in [1.807, 2.05) is 0 Å². The molecule has 2 aromatic rings. The number of nitrogens with zero attached hydrogens (tertiary/aromatic N) is 2. The van der Waals surface area contributed by atoms with Crippen LogP contribution in [0.1, 0.15) is 54.0 Å². The zero-order chi connectivity index (χ0) is 23.9. The molecule has 0 unspecified atom stereocenters. The number of thiazole rings is 1. The molecule has 4 rings (SSSR count). The number of anilines is 1. The Morgan fingerprint density at radius 3 is 2.25 bits per heavy atom. The number of nitrogens with two attached hydrogens (primary N) is 1. The standard InChI is InChI=1S/C13H16N2O.C7H9N3O2S2.CH4S/c14-13(16)15-12-10-5-1-3-8(10)7-9-4-2-6-11(9)12;1-7(2,11)6-9-3-5(13-6)14(12)10-4-8;1-2/h7H,1-6H2,(H3,14,15,16);3,10-11H,1-2H3;2H,1H3/t;14-;/m.1./s1. The van der Waals surface area contributed by atoms with Gasteiger partial charge in [-0.2, -0.15) is 17.9 Å². The third-order valence-electron chi connectivity index (χ3n) is 5.05. The maximum atomic E-state index is 11.3. The molecule has 174 valence electrons. The van der Waals surface area contributed by atoms with E-state index in [9.17, 15) is 14.1 Å². The Bertz CT molecular complexity index is 993. The van der Waals surface area contributed by atoms with Gasteiger partial charge in [-0.25, -0.2) is 18.7 Å². The lowest BCUT2D eigenvalue weighted by molar-refractivity contribution is 0.0783. The summed E-state index contributed by atoms with van der Waals surface area (Å²) in [7, 11) is -1.56. The normalized spacial score (nSPS) is 14.5. The third-order valence-corrected chi connectivity index (χ3v) is 7.61. The van der Waals surface area contributed by atoms with Gasteiger partial charge in [0.25, 0.3) is 0 Å². The summed E-state index contributed by atoms with van der Waals surface area (Å²) in [5.74, 6) is 0. The number of carbonyl (C=O) groups excluding carboxylic acids is 1. The fraction of sp³-hybridized carbons (Fsp3) is 0.476. The van der Waals surface area contributed by atoms with Gasteiger partial charge in [0.1, 0.15) is 14.8 Å². The number of carbonyl (C=O) groups is 1. The van der Waals surface area contributed by atoms with Crippen molar-refractivity contribution in [2.24, 2.45) is 5.73 Å². The average molecular weight is 496 g/mol. The first kappa shape index (κ1) is 26.1. The fourth-order valence-electron chi connectivity index (χ4n) is 3.81. The second-order valence-corrected chi connectivity index (χ2v) is 10.2. The number of aromatic nitrogens is 1. The van der Waals surface area contributed by atoms with Gasteiger partial charge in [0.15, 0.2) is 17.2 Å². The fourth-order valence-corrected chi connectivity index (χ4v) is 5.46. The molecule has 0 fully saturated rings. The number of primary amides is 1. The van der Waals surface area contributed by atoms with Crippen molar-refractivity contribution in [1.82, 2.24) is 9.71 Å². The van der Waals surface area contributed by atoms with Crippen LogP contribution in [0.4, 0.5) is 10.5 Å². The lowest BCUT2D eigenvalue weighted by Crippen LogP contribution is -2.21. The highest BCUT2D eigenvalue weighted by atomic mass is 32.2. The van der Waals surface area contributed by atoms with E-state index in [0.717, 1.165) is 42.7 Å². The number of nitriles is 1. The van der Waals surface area contributed by atoms with Crippen molar-refractivity contribution >= 4 is 46.7 Å². The van der Waals surface area contributed by atoms with Crippen molar-refractivity contribution in [2.75, 3.05) is 11.6 Å². The van der Waals surface area contributed by atoms with E-state index in [0.29, 0.717) is 9.22 Å². The van der Waals surface area contributed by atoms with Gasteiger partial charge >= 0.3 is 6.03 Å². The van der Waals surface area contributed by atoms with Gasteiger partial charge in [-0.1, -0.05) is 6.07 Å². The SMILES string of the molecule is CC(C)(O)c1ncc([S@@](=O)NC#N)s1.CS.NC(=O)Nc1c2c(cc3c1CCC3)CCC2. The Morgan fingerprint density at radius 2 is 1.81 bits per heavy atom. The summed E-state index contributed by atoms with van der Waals surface area (Å²) in [5.41, 5.74) is 10.8. The van der Waals surface area contributed by atoms with Crippen molar-refractivity contribution in [3.63, 3.8) is 0 Å². The Hall–Kier alpha value is -2.13. The zero-order valence-electron chi connectivity index (χ0n) is 18.4. The van der Waals surface area contributed by atoms with Crippen molar-refractivity contribution in [3.8, 4) is 6.19 Å². The number of fused-ring (bicyclic) bond motifs is 2. The lowest BCUT2D eigenvalue weighted by atomic mass is 9.99. The first-order valence-corrected chi connectivity index (χ1v) is 13.0. The second kappa shape index (κ2) is 11.7. The van der Waals surface area contributed by atoms with Gasteiger partial charge in [-0.05, 0) is 80.9 Å². The number of nitrogens with one attached hydrogen (secondary N) is 2. The molecule has 2 aliphatic rings. The summed E-state index contributed by atoms with van der Waals surface area (Å²) >= 11 is 4.64. The van der Waals surface area contributed by atoms with E-state index >= 15 is 0 Å². The number of hydrogen-bond acceptors (Lipinski definition) is 7. The molecule has 0 bridgehead atoms. The molecule has 0 aliphatic heterocycles. The summed E-state index contributed by atoms with van der Waals surface area (Å²) in [6.45, 7) is 3.19. The molecule has 0 spiro atoms. The summed E-state index contributed by atoms with van der Waals surface area (Å²) < 4.78 is 13.8. The van der Waals surface area contributed by atoms with Crippen LogP contribution in [-0.4, -0.2) is 26.6 Å². The van der Waals surface area contributed by atoms with E-state index < -0.39 is 22.6 Å². The van der Waals surface area contributed by atoms with Gasteiger partial charge in [0.2, 0.25) is 0 Å². The monoisotopic (exact) mass is 495 g/mol. The Balaban J connectivity index is 0.000000213. The van der Waals surface area contributed by atoms with Gasteiger partial charge in [-0.3, -0.25) is 0 Å². The number of aliphatic hydroxyl groups is 1. The number of amides is 2. The highest BCUT2D eigenvalue weighted by Gasteiger charge is 2.24. The van der Waals surface area contributed by atoms with Crippen LogP contribution in [0.5, 0.6) is 0 Å². The van der Waals surface area contributed by atoms with Crippen LogP contribution < -0.4 is 15.8 Å². The van der Waals surface area contributed by atoms with Gasteiger partial charge in [0.05, 0.1) is 6.20 Å². The quantitative estimate of drug-likeness (QED) is 0.252. The lowest BCUT2D eigenvalue weighted by Gasteiger charge is -2.14. The average Bonchev–Trinajstić information content (AvgIpc) is 3.49. The molecule has 8 nitrogen and oxygen atoms in total.